The number of hydrogen-bond donors (Lipinski definition) is 1. The molecule has 7 nitrogen and oxygen atoms in total. The van der Waals surface area contributed by atoms with Crippen LogP contribution in [0.4, 0.5) is 11.4 Å². The first-order valence-electron chi connectivity index (χ1n) is 8.60. The lowest BCUT2D eigenvalue weighted by Crippen LogP contribution is -2.34. The highest BCUT2D eigenvalue weighted by Gasteiger charge is 2.39. The fourth-order valence-corrected chi connectivity index (χ4v) is 3.23. The molecule has 3 amide bonds. The third kappa shape index (κ3) is 3.80. The molecule has 0 saturated carbocycles. The minimum absolute atomic E-state index is 0.0286. The molecule has 1 aliphatic rings. The predicted molar refractivity (Wildman–Crippen MR) is 107 cm³/mol. The fraction of sp³-hybridized carbons (Fsp3) is 0.250. The van der Waals surface area contributed by atoms with Crippen molar-refractivity contribution in [3.05, 3.63) is 53.1 Å². The van der Waals surface area contributed by atoms with E-state index < -0.39 is 6.04 Å². The van der Waals surface area contributed by atoms with Crippen LogP contribution in [0.2, 0.25) is 5.02 Å². The third-order valence-electron chi connectivity index (χ3n) is 4.42. The number of anilines is 2. The van der Waals surface area contributed by atoms with Crippen LogP contribution in [0.3, 0.4) is 0 Å². The summed E-state index contributed by atoms with van der Waals surface area (Å²) in [5.41, 5.74) is 1.59. The first kappa shape index (κ1) is 19.7. The first-order chi connectivity index (χ1) is 13.3. The second kappa shape index (κ2) is 7.90. The highest BCUT2D eigenvalue weighted by molar-refractivity contribution is 6.33. The van der Waals surface area contributed by atoms with E-state index in [2.05, 4.69) is 5.32 Å². The normalized spacial score (nSPS) is 16.3. The molecule has 1 heterocycles. The molecular weight excluding hydrogens is 382 g/mol. The Bertz CT molecular complexity index is 928. The van der Waals surface area contributed by atoms with Gasteiger partial charge in [-0.1, -0.05) is 11.6 Å². The lowest BCUT2D eigenvalue weighted by Gasteiger charge is -2.17. The van der Waals surface area contributed by atoms with Crippen LogP contribution >= 0.6 is 11.6 Å². The van der Waals surface area contributed by atoms with Crippen molar-refractivity contribution in [3.8, 4) is 5.75 Å². The Morgan fingerprint density at radius 2 is 1.86 bits per heavy atom. The lowest BCUT2D eigenvalue weighted by molar-refractivity contribution is -0.121. The molecule has 0 unspecified atom stereocenters. The van der Waals surface area contributed by atoms with Gasteiger partial charge in [-0.05, 0) is 42.5 Å². The maximum absolute atomic E-state index is 12.8. The fourth-order valence-electron chi connectivity index (χ4n) is 2.98. The smallest absolute Gasteiger partial charge is 0.256 e. The molecule has 3 rings (SSSR count). The van der Waals surface area contributed by atoms with Gasteiger partial charge in [-0.2, -0.15) is 0 Å². The molecule has 1 saturated heterocycles. The van der Waals surface area contributed by atoms with Gasteiger partial charge in [0.15, 0.2) is 0 Å². The predicted octanol–water partition coefficient (Wildman–Crippen LogP) is 2.79. The molecule has 2 aromatic rings. The Kier molecular flexibility index (Phi) is 5.56. The molecule has 1 aliphatic heterocycles. The zero-order valence-electron chi connectivity index (χ0n) is 15.7. The van der Waals surface area contributed by atoms with E-state index in [-0.39, 0.29) is 24.1 Å². The largest absolute Gasteiger partial charge is 0.495 e. The van der Waals surface area contributed by atoms with Gasteiger partial charge in [0.05, 0.1) is 24.2 Å². The SMILES string of the molecule is COc1ccc(N2C(=O)C[C@@H](Nc3ccc(C(=O)N(C)C)cc3)C2=O)cc1Cl. The number of halogens is 1. The van der Waals surface area contributed by atoms with E-state index in [4.69, 9.17) is 16.3 Å². The molecule has 1 fully saturated rings. The topological polar surface area (TPSA) is 79.0 Å². The van der Waals surface area contributed by atoms with Crippen molar-refractivity contribution in [2.45, 2.75) is 12.5 Å². The molecule has 0 aliphatic carbocycles. The van der Waals surface area contributed by atoms with E-state index in [0.29, 0.717) is 27.7 Å². The van der Waals surface area contributed by atoms with Crippen molar-refractivity contribution in [1.29, 1.82) is 0 Å². The van der Waals surface area contributed by atoms with E-state index in [1.54, 1.807) is 50.5 Å². The summed E-state index contributed by atoms with van der Waals surface area (Å²) < 4.78 is 5.10. The van der Waals surface area contributed by atoms with Gasteiger partial charge in [0.2, 0.25) is 5.91 Å². The molecule has 8 heteroatoms. The minimum atomic E-state index is -0.691. The van der Waals surface area contributed by atoms with Crippen LogP contribution in [0.15, 0.2) is 42.5 Å². The molecule has 146 valence electrons. The van der Waals surface area contributed by atoms with Gasteiger partial charge in [-0.25, -0.2) is 4.90 Å². The molecule has 1 atom stereocenters. The maximum Gasteiger partial charge on any atom is 0.256 e. The molecule has 0 spiro atoms. The van der Waals surface area contributed by atoms with E-state index in [1.165, 1.54) is 18.1 Å². The number of carbonyl (C=O) groups is 3. The summed E-state index contributed by atoms with van der Waals surface area (Å²) >= 11 is 6.11. The van der Waals surface area contributed by atoms with E-state index in [0.717, 1.165) is 4.90 Å². The number of benzene rings is 2. The van der Waals surface area contributed by atoms with Gasteiger partial charge in [0, 0.05) is 25.3 Å². The quantitative estimate of drug-likeness (QED) is 0.779. The molecule has 0 radical (unpaired) electrons. The first-order valence-corrected chi connectivity index (χ1v) is 8.98. The van der Waals surface area contributed by atoms with Crippen LogP contribution in [-0.4, -0.2) is 49.9 Å². The second-order valence-corrected chi connectivity index (χ2v) is 6.97. The zero-order valence-corrected chi connectivity index (χ0v) is 16.5. The van der Waals surface area contributed by atoms with Crippen LogP contribution < -0.4 is 15.0 Å². The van der Waals surface area contributed by atoms with Crippen molar-refractivity contribution in [1.82, 2.24) is 4.90 Å². The zero-order chi connectivity index (χ0) is 20.4. The van der Waals surface area contributed by atoms with Crippen LogP contribution in [0, 0.1) is 0 Å². The summed E-state index contributed by atoms with van der Waals surface area (Å²) in [6.45, 7) is 0. The Balaban J connectivity index is 1.75. The Morgan fingerprint density at radius 1 is 1.18 bits per heavy atom. The van der Waals surface area contributed by atoms with Crippen LogP contribution in [0.5, 0.6) is 5.75 Å². The molecule has 1 N–H and O–H groups in total. The van der Waals surface area contributed by atoms with Gasteiger partial charge in [0.1, 0.15) is 11.8 Å². The highest BCUT2D eigenvalue weighted by Crippen LogP contribution is 2.32. The molecule has 28 heavy (non-hydrogen) atoms. The van der Waals surface area contributed by atoms with Crippen molar-refractivity contribution in [2.75, 3.05) is 31.4 Å². The number of nitrogens with one attached hydrogen (secondary N) is 1. The van der Waals surface area contributed by atoms with Gasteiger partial charge in [0.25, 0.3) is 11.8 Å². The third-order valence-corrected chi connectivity index (χ3v) is 4.71. The second-order valence-electron chi connectivity index (χ2n) is 6.56. The maximum atomic E-state index is 12.8. The minimum Gasteiger partial charge on any atom is -0.495 e. The van der Waals surface area contributed by atoms with Gasteiger partial charge in [-0.15, -0.1) is 0 Å². The Morgan fingerprint density at radius 3 is 2.43 bits per heavy atom. The molecule has 0 bridgehead atoms. The Hall–Kier alpha value is -3.06. The van der Waals surface area contributed by atoms with E-state index >= 15 is 0 Å². The molecule has 0 aromatic heterocycles. The van der Waals surface area contributed by atoms with Crippen LogP contribution in [0.25, 0.3) is 0 Å². The summed E-state index contributed by atoms with van der Waals surface area (Å²) in [4.78, 5) is 39.7. The van der Waals surface area contributed by atoms with Gasteiger partial charge < -0.3 is 15.0 Å². The monoisotopic (exact) mass is 401 g/mol. The van der Waals surface area contributed by atoms with Crippen molar-refractivity contribution in [2.24, 2.45) is 0 Å². The molecule has 2 aromatic carbocycles. The van der Waals surface area contributed by atoms with Crippen molar-refractivity contribution < 1.29 is 19.1 Å². The number of methoxy groups -OCH3 is 1. The number of rotatable bonds is 5. The van der Waals surface area contributed by atoms with Crippen LogP contribution in [-0.2, 0) is 9.59 Å². The highest BCUT2D eigenvalue weighted by atomic mass is 35.5. The van der Waals surface area contributed by atoms with E-state index in [9.17, 15) is 14.4 Å². The lowest BCUT2D eigenvalue weighted by atomic mass is 10.1. The van der Waals surface area contributed by atoms with Gasteiger partial charge >= 0.3 is 0 Å². The summed E-state index contributed by atoms with van der Waals surface area (Å²) in [5.74, 6) is -0.324. The number of nitrogens with zero attached hydrogens (tertiary/aromatic N) is 2. The summed E-state index contributed by atoms with van der Waals surface area (Å²) in [5, 5.41) is 3.38. The van der Waals surface area contributed by atoms with Crippen molar-refractivity contribution >= 4 is 40.7 Å². The average molecular weight is 402 g/mol. The average Bonchev–Trinajstić information content (AvgIpc) is 2.95. The Labute approximate surface area is 167 Å². The molecular formula is C20H20ClN3O4. The van der Waals surface area contributed by atoms with Gasteiger partial charge in [-0.3, -0.25) is 14.4 Å². The van der Waals surface area contributed by atoms with E-state index in [1.807, 2.05) is 0 Å². The summed E-state index contributed by atoms with van der Waals surface area (Å²) in [6, 6.07) is 10.8. The van der Waals surface area contributed by atoms with Crippen molar-refractivity contribution in [3.63, 3.8) is 0 Å². The summed E-state index contributed by atoms with van der Waals surface area (Å²) in [7, 11) is 4.85. The summed E-state index contributed by atoms with van der Waals surface area (Å²) in [6.07, 6.45) is 0.0286. The number of ether oxygens (including phenoxy) is 1. The number of amides is 3. The van der Waals surface area contributed by atoms with Crippen LogP contribution in [0.1, 0.15) is 16.8 Å². The number of carbonyl (C=O) groups excluding carboxylic acids is 3. The standard InChI is InChI=1S/C20H20ClN3O4/c1-23(2)19(26)12-4-6-13(7-5-12)22-16-11-18(25)24(20(16)27)14-8-9-17(28-3)15(21)10-14/h4-10,16,22H,11H2,1-3H3/t16-/m1/s1. The number of imide groups is 1. The number of hydrogen-bond acceptors (Lipinski definition) is 5.